The molecule has 0 spiro atoms. The predicted molar refractivity (Wildman–Crippen MR) is 107 cm³/mol. The Balaban J connectivity index is 1.71. The van der Waals surface area contributed by atoms with Crippen molar-refractivity contribution < 1.29 is 19.1 Å². The highest BCUT2D eigenvalue weighted by molar-refractivity contribution is 5.92. The van der Waals surface area contributed by atoms with E-state index in [2.05, 4.69) is 15.3 Å². The van der Waals surface area contributed by atoms with Crippen molar-refractivity contribution in [1.29, 1.82) is 0 Å². The first-order valence-electron chi connectivity index (χ1n) is 9.46. The summed E-state index contributed by atoms with van der Waals surface area (Å²) in [5.41, 5.74) is 2.00. The van der Waals surface area contributed by atoms with Gasteiger partial charge < -0.3 is 19.7 Å². The van der Waals surface area contributed by atoms with E-state index in [0.717, 1.165) is 16.8 Å². The molecule has 0 bridgehead atoms. The van der Waals surface area contributed by atoms with E-state index in [1.54, 1.807) is 44.3 Å². The summed E-state index contributed by atoms with van der Waals surface area (Å²) in [6.07, 6.45) is 3.10. The Morgan fingerprint density at radius 3 is 2.41 bits per heavy atom. The Hall–Kier alpha value is -2.84. The molecule has 2 aromatic heterocycles. The minimum absolute atomic E-state index is 0.0628. The predicted octanol–water partition coefficient (Wildman–Crippen LogP) is 1.83. The monoisotopic (exact) mass is 398 g/mol. The van der Waals surface area contributed by atoms with Crippen molar-refractivity contribution in [2.24, 2.45) is 0 Å². The van der Waals surface area contributed by atoms with E-state index < -0.39 is 5.60 Å². The summed E-state index contributed by atoms with van der Waals surface area (Å²) in [4.78, 5) is 34.7. The van der Waals surface area contributed by atoms with Crippen LogP contribution in [0.15, 0.2) is 36.7 Å². The number of nitrogens with one attached hydrogen (secondary N) is 1. The summed E-state index contributed by atoms with van der Waals surface area (Å²) >= 11 is 0. The smallest absolute Gasteiger partial charge is 0.269 e. The molecule has 1 atom stereocenters. The number of morpholine rings is 1. The number of carbonyl (C=O) groups excluding carboxylic acids is 2. The molecule has 1 aliphatic heterocycles. The third kappa shape index (κ3) is 4.60. The molecule has 3 heterocycles. The number of rotatable bonds is 5. The fraction of sp³-hybridized carbons (Fsp3) is 0.429. The van der Waals surface area contributed by atoms with Crippen molar-refractivity contribution in [2.75, 3.05) is 33.9 Å². The Bertz CT molecular complexity index is 865. The first-order chi connectivity index (χ1) is 13.9. The van der Waals surface area contributed by atoms with Gasteiger partial charge in [0.05, 0.1) is 18.8 Å². The van der Waals surface area contributed by atoms with E-state index in [-0.39, 0.29) is 17.9 Å². The number of pyridine rings is 2. The maximum atomic E-state index is 12.7. The summed E-state index contributed by atoms with van der Waals surface area (Å²) < 4.78 is 11.1. The molecule has 0 saturated carbocycles. The van der Waals surface area contributed by atoms with E-state index in [9.17, 15) is 9.59 Å². The van der Waals surface area contributed by atoms with Crippen LogP contribution in [0.25, 0.3) is 11.1 Å². The van der Waals surface area contributed by atoms with Crippen molar-refractivity contribution in [3.05, 3.63) is 48.0 Å². The molecule has 1 saturated heterocycles. The molecule has 154 valence electrons. The molecular weight excluding hydrogens is 372 g/mol. The molecule has 2 aromatic rings. The quantitative estimate of drug-likeness (QED) is 0.826. The number of nitrogens with zero attached hydrogens (tertiary/aromatic N) is 3. The second kappa shape index (κ2) is 8.67. The van der Waals surface area contributed by atoms with Gasteiger partial charge in [0.15, 0.2) is 0 Å². The molecule has 1 N–H and O–H groups in total. The molecule has 3 rings (SSSR count). The number of hydrogen-bond acceptors (Lipinski definition) is 6. The average molecular weight is 398 g/mol. The SMILES string of the molecule is CNC(=O)c1ccc(-c2ccc(C3CN(C(=O)C(C)(C)OC)CCO3)nc2)cn1. The molecule has 1 aliphatic rings. The number of methoxy groups -OCH3 is 1. The van der Waals surface area contributed by atoms with Gasteiger partial charge in [0.2, 0.25) is 0 Å². The van der Waals surface area contributed by atoms with Gasteiger partial charge in [-0.25, -0.2) is 0 Å². The molecule has 8 heteroatoms. The minimum Gasteiger partial charge on any atom is -0.369 e. The van der Waals surface area contributed by atoms with Crippen molar-refractivity contribution in [3.63, 3.8) is 0 Å². The van der Waals surface area contributed by atoms with E-state index in [1.807, 2.05) is 18.2 Å². The van der Waals surface area contributed by atoms with Crippen molar-refractivity contribution in [1.82, 2.24) is 20.2 Å². The number of aromatic nitrogens is 2. The molecule has 2 amide bonds. The van der Waals surface area contributed by atoms with Crippen LogP contribution < -0.4 is 5.32 Å². The van der Waals surface area contributed by atoms with Crippen LogP contribution in [0.2, 0.25) is 0 Å². The Morgan fingerprint density at radius 1 is 1.17 bits per heavy atom. The fourth-order valence-electron chi connectivity index (χ4n) is 3.07. The van der Waals surface area contributed by atoms with Crippen LogP contribution in [0.4, 0.5) is 0 Å². The van der Waals surface area contributed by atoms with Gasteiger partial charge in [-0.3, -0.25) is 19.6 Å². The van der Waals surface area contributed by atoms with Gasteiger partial charge in [0.25, 0.3) is 11.8 Å². The standard InChI is InChI=1S/C21H26N4O4/c1-21(2,28-4)20(27)25-9-10-29-18(13-25)16-7-5-14(11-23-16)15-6-8-17(24-12-15)19(26)22-3/h5-8,11-12,18H,9-10,13H2,1-4H3,(H,22,26). The summed E-state index contributed by atoms with van der Waals surface area (Å²) in [7, 11) is 3.10. The highest BCUT2D eigenvalue weighted by Gasteiger charge is 2.35. The molecule has 1 fully saturated rings. The highest BCUT2D eigenvalue weighted by atomic mass is 16.5. The van der Waals surface area contributed by atoms with E-state index in [1.165, 1.54) is 7.11 Å². The summed E-state index contributed by atoms with van der Waals surface area (Å²) in [5.74, 6) is -0.289. The maximum absolute atomic E-state index is 12.7. The highest BCUT2D eigenvalue weighted by Crippen LogP contribution is 2.25. The largest absolute Gasteiger partial charge is 0.369 e. The van der Waals surface area contributed by atoms with Gasteiger partial charge in [-0.15, -0.1) is 0 Å². The second-order valence-electron chi connectivity index (χ2n) is 7.31. The van der Waals surface area contributed by atoms with Crippen molar-refractivity contribution >= 4 is 11.8 Å². The van der Waals surface area contributed by atoms with Crippen LogP contribution in [0.5, 0.6) is 0 Å². The molecule has 8 nitrogen and oxygen atoms in total. The van der Waals surface area contributed by atoms with E-state index in [0.29, 0.717) is 25.4 Å². The zero-order valence-electron chi connectivity index (χ0n) is 17.1. The van der Waals surface area contributed by atoms with Gasteiger partial charge in [0, 0.05) is 44.2 Å². The van der Waals surface area contributed by atoms with Gasteiger partial charge in [0.1, 0.15) is 17.4 Å². The molecule has 1 unspecified atom stereocenters. The number of hydrogen-bond donors (Lipinski definition) is 1. The summed E-state index contributed by atoms with van der Waals surface area (Å²) in [5, 5.41) is 2.55. The van der Waals surface area contributed by atoms with Crippen molar-refractivity contribution in [2.45, 2.75) is 25.6 Å². The van der Waals surface area contributed by atoms with E-state index >= 15 is 0 Å². The lowest BCUT2D eigenvalue weighted by Crippen LogP contribution is -2.51. The van der Waals surface area contributed by atoms with Crippen LogP contribution in [-0.2, 0) is 14.3 Å². The fourth-order valence-corrected chi connectivity index (χ4v) is 3.07. The third-order valence-electron chi connectivity index (χ3n) is 5.05. The molecule has 0 radical (unpaired) electrons. The van der Waals surface area contributed by atoms with Crippen LogP contribution in [0.3, 0.4) is 0 Å². The Morgan fingerprint density at radius 2 is 1.86 bits per heavy atom. The normalized spacial score (nSPS) is 17.1. The maximum Gasteiger partial charge on any atom is 0.269 e. The van der Waals surface area contributed by atoms with E-state index in [4.69, 9.17) is 9.47 Å². The Kier molecular flexibility index (Phi) is 6.24. The Labute approximate surface area is 170 Å². The number of ether oxygens (including phenoxy) is 2. The van der Waals surface area contributed by atoms with Gasteiger partial charge >= 0.3 is 0 Å². The summed E-state index contributed by atoms with van der Waals surface area (Å²) in [6.45, 7) is 4.93. The zero-order chi connectivity index (χ0) is 21.0. The second-order valence-corrected chi connectivity index (χ2v) is 7.31. The lowest BCUT2D eigenvalue weighted by Gasteiger charge is -2.36. The molecule has 0 aromatic carbocycles. The summed E-state index contributed by atoms with van der Waals surface area (Å²) in [6, 6.07) is 7.33. The first-order valence-corrected chi connectivity index (χ1v) is 9.46. The van der Waals surface area contributed by atoms with Crippen LogP contribution in [0, 0.1) is 0 Å². The first kappa shape index (κ1) is 20.9. The lowest BCUT2D eigenvalue weighted by atomic mass is 10.1. The van der Waals surface area contributed by atoms with Crippen LogP contribution >= 0.6 is 0 Å². The number of amides is 2. The number of carbonyl (C=O) groups is 2. The molecular formula is C21H26N4O4. The van der Waals surface area contributed by atoms with Gasteiger partial charge in [-0.1, -0.05) is 12.1 Å². The molecule has 29 heavy (non-hydrogen) atoms. The van der Waals surface area contributed by atoms with Gasteiger partial charge in [-0.05, 0) is 26.0 Å². The van der Waals surface area contributed by atoms with Crippen LogP contribution in [0.1, 0.15) is 36.1 Å². The van der Waals surface area contributed by atoms with Crippen LogP contribution in [-0.4, -0.2) is 66.1 Å². The topological polar surface area (TPSA) is 93.7 Å². The van der Waals surface area contributed by atoms with Crippen molar-refractivity contribution in [3.8, 4) is 11.1 Å². The third-order valence-corrected chi connectivity index (χ3v) is 5.05. The zero-order valence-corrected chi connectivity index (χ0v) is 17.1. The average Bonchev–Trinajstić information content (AvgIpc) is 2.78. The van der Waals surface area contributed by atoms with Gasteiger partial charge in [-0.2, -0.15) is 0 Å². The lowest BCUT2D eigenvalue weighted by molar-refractivity contribution is -0.158. The minimum atomic E-state index is -0.868. The molecule has 0 aliphatic carbocycles.